The molecule has 0 aliphatic heterocycles. The summed E-state index contributed by atoms with van der Waals surface area (Å²) in [5.41, 5.74) is 0. The predicted molar refractivity (Wildman–Crippen MR) is 78.0 cm³/mol. The van der Waals surface area contributed by atoms with E-state index in [1.807, 2.05) is 60.7 Å². The van der Waals surface area contributed by atoms with Crippen molar-refractivity contribution in [2.45, 2.75) is 0 Å². The summed E-state index contributed by atoms with van der Waals surface area (Å²) in [6, 6.07) is 19.4. The molecule has 20 heavy (non-hydrogen) atoms. The molecule has 0 aliphatic carbocycles. The van der Waals surface area contributed by atoms with Gasteiger partial charge in [0.15, 0.2) is 0 Å². The molecule has 2 rings (SSSR count). The van der Waals surface area contributed by atoms with E-state index in [1.54, 1.807) is 14.2 Å². The summed E-state index contributed by atoms with van der Waals surface area (Å²) in [7, 11) is 0.454. The van der Waals surface area contributed by atoms with Crippen LogP contribution in [0.4, 0.5) is 0 Å². The standard InChI is InChI=1S/2C7H8O.HO3P/c2*1-8-7-5-3-2-4-6-7;1-4(2)3/h2*2-6H,1H3;(H-,1,2,3)/p+1. The van der Waals surface area contributed by atoms with Crippen LogP contribution in [-0.4, -0.2) is 24.0 Å². The number of methoxy groups -OCH3 is 2. The minimum Gasteiger partial charge on any atom is -0.497 e. The fourth-order valence-electron chi connectivity index (χ4n) is 1.11. The second-order valence-corrected chi connectivity index (χ2v) is 3.79. The van der Waals surface area contributed by atoms with E-state index >= 15 is 0 Å². The van der Waals surface area contributed by atoms with Crippen LogP contribution in [0.1, 0.15) is 0 Å². The average Bonchev–Trinajstić information content (AvgIpc) is 2.49. The number of para-hydroxylation sites is 2. The third kappa shape index (κ3) is 11.2. The summed E-state index contributed by atoms with van der Waals surface area (Å²) in [6.07, 6.45) is 0. The topological polar surface area (TPSA) is 76.0 Å². The second kappa shape index (κ2) is 12.1. The molecule has 0 spiro atoms. The summed E-state index contributed by atoms with van der Waals surface area (Å²) < 4.78 is 18.5. The van der Waals surface area contributed by atoms with Crippen molar-refractivity contribution >= 4 is 8.25 Å². The quantitative estimate of drug-likeness (QED) is 0.833. The molecule has 0 bridgehead atoms. The molecule has 0 aliphatic rings. The third-order valence-electron chi connectivity index (χ3n) is 1.96. The molecule has 0 saturated heterocycles. The Morgan fingerprint density at radius 3 is 1.15 bits per heavy atom. The van der Waals surface area contributed by atoms with Gasteiger partial charge in [-0.05, 0) is 24.3 Å². The van der Waals surface area contributed by atoms with Crippen molar-refractivity contribution < 1.29 is 23.8 Å². The van der Waals surface area contributed by atoms with Crippen LogP contribution < -0.4 is 9.47 Å². The zero-order valence-electron chi connectivity index (χ0n) is 11.3. The number of rotatable bonds is 2. The van der Waals surface area contributed by atoms with Crippen LogP contribution in [0.2, 0.25) is 0 Å². The number of hydrogen-bond acceptors (Lipinski definition) is 3. The Kier molecular flexibility index (Phi) is 10.9. The Labute approximate surface area is 119 Å². The fourth-order valence-corrected chi connectivity index (χ4v) is 1.11. The smallest absolute Gasteiger partial charge is 0.497 e. The maximum Gasteiger partial charge on any atom is 0.692 e. The highest BCUT2D eigenvalue weighted by molar-refractivity contribution is 7.30. The third-order valence-corrected chi connectivity index (χ3v) is 1.96. The Morgan fingerprint density at radius 1 is 0.750 bits per heavy atom. The molecular formula is C14H18O5P+. The fraction of sp³-hybridized carbons (Fsp3) is 0.143. The summed E-state index contributed by atoms with van der Waals surface area (Å²) in [5, 5.41) is 0. The van der Waals surface area contributed by atoms with Gasteiger partial charge in [0.2, 0.25) is 0 Å². The van der Waals surface area contributed by atoms with E-state index < -0.39 is 8.25 Å². The zero-order chi connectivity index (χ0) is 15.2. The molecule has 2 aromatic carbocycles. The van der Waals surface area contributed by atoms with E-state index in [2.05, 4.69) is 0 Å². The van der Waals surface area contributed by atoms with Crippen molar-refractivity contribution in [2.75, 3.05) is 14.2 Å². The summed E-state index contributed by atoms with van der Waals surface area (Å²) in [4.78, 5) is 14.2. The van der Waals surface area contributed by atoms with Gasteiger partial charge in [-0.25, -0.2) is 0 Å². The van der Waals surface area contributed by atoms with E-state index in [4.69, 9.17) is 23.8 Å². The first-order valence-electron chi connectivity index (χ1n) is 5.63. The summed E-state index contributed by atoms with van der Waals surface area (Å²) in [6.45, 7) is 0. The van der Waals surface area contributed by atoms with Gasteiger partial charge in [0.05, 0.1) is 14.2 Å². The largest absolute Gasteiger partial charge is 0.692 e. The van der Waals surface area contributed by atoms with E-state index in [0.29, 0.717) is 0 Å². The van der Waals surface area contributed by atoms with Crippen molar-refractivity contribution in [1.82, 2.24) is 0 Å². The van der Waals surface area contributed by atoms with Crippen LogP contribution in [0.3, 0.4) is 0 Å². The molecule has 2 N–H and O–H groups in total. The molecular weight excluding hydrogens is 279 g/mol. The Bertz CT molecular complexity index is 418. The van der Waals surface area contributed by atoms with Crippen LogP contribution in [0.15, 0.2) is 60.7 Å². The predicted octanol–water partition coefficient (Wildman–Crippen LogP) is 3.02. The van der Waals surface area contributed by atoms with Crippen molar-refractivity contribution in [1.29, 1.82) is 0 Å². The van der Waals surface area contributed by atoms with Gasteiger partial charge in [0, 0.05) is 4.57 Å². The van der Waals surface area contributed by atoms with Gasteiger partial charge < -0.3 is 9.47 Å². The molecule has 0 unspecified atom stereocenters. The number of hydrogen-bond donors (Lipinski definition) is 2. The minimum absolute atomic E-state index is 0.910. The van der Waals surface area contributed by atoms with E-state index in [-0.39, 0.29) is 0 Å². The average molecular weight is 297 g/mol. The molecule has 0 atom stereocenters. The van der Waals surface area contributed by atoms with Crippen LogP contribution in [0.25, 0.3) is 0 Å². The molecule has 0 aromatic heterocycles. The highest BCUT2D eigenvalue weighted by atomic mass is 31.1. The lowest BCUT2D eigenvalue weighted by Crippen LogP contribution is -1.78. The molecule has 6 heteroatoms. The number of ether oxygens (including phenoxy) is 2. The van der Waals surface area contributed by atoms with Crippen molar-refractivity contribution in [3.8, 4) is 11.5 Å². The zero-order valence-corrected chi connectivity index (χ0v) is 12.2. The van der Waals surface area contributed by atoms with Crippen LogP contribution >= 0.6 is 8.25 Å². The lowest BCUT2D eigenvalue weighted by atomic mass is 10.3. The molecule has 0 amide bonds. The minimum atomic E-state index is -2.87. The maximum absolute atomic E-state index is 8.70. The molecule has 0 heterocycles. The summed E-state index contributed by atoms with van der Waals surface area (Å²) >= 11 is 0. The van der Waals surface area contributed by atoms with E-state index in [9.17, 15) is 0 Å². The monoisotopic (exact) mass is 297 g/mol. The first kappa shape index (κ1) is 18.1. The molecule has 0 fully saturated rings. The molecule has 2 aromatic rings. The van der Waals surface area contributed by atoms with Gasteiger partial charge in [-0.1, -0.05) is 36.4 Å². The summed E-state index contributed by atoms with van der Waals surface area (Å²) in [5.74, 6) is 1.82. The normalized spacial score (nSPS) is 8.20. The second-order valence-electron chi connectivity index (χ2n) is 3.29. The van der Waals surface area contributed by atoms with Gasteiger partial charge in [0.25, 0.3) is 0 Å². The van der Waals surface area contributed by atoms with Crippen molar-refractivity contribution in [3.63, 3.8) is 0 Å². The highest BCUT2D eigenvalue weighted by Gasteiger charge is 1.93. The maximum atomic E-state index is 8.70. The Morgan fingerprint density at radius 2 is 1.00 bits per heavy atom. The number of benzene rings is 2. The van der Waals surface area contributed by atoms with Gasteiger partial charge in [-0.2, -0.15) is 0 Å². The molecule has 5 nitrogen and oxygen atoms in total. The molecule has 0 saturated carbocycles. The van der Waals surface area contributed by atoms with E-state index in [0.717, 1.165) is 11.5 Å². The SMILES string of the molecule is COc1ccccc1.COc1ccccc1.O=[P+](O)O. The van der Waals surface area contributed by atoms with Gasteiger partial charge in [-0.3, -0.25) is 0 Å². The highest BCUT2D eigenvalue weighted by Crippen LogP contribution is 2.06. The lowest BCUT2D eigenvalue weighted by molar-refractivity contribution is 0.405. The first-order chi connectivity index (χ1) is 9.60. The van der Waals surface area contributed by atoms with Crippen LogP contribution in [0.5, 0.6) is 11.5 Å². The lowest BCUT2D eigenvalue weighted by Gasteiger charge is -1.93. The molecule has 0 radical (unpaired) electrons. The van der Waals surface area contributed by atoms with Gasteiger partial charge in [-0.15, -0.1) is 9.79 Å². The van der Waals surface area contributed by atoms with Crippen LogP contribution in [0, 0.1) is 0 Å². The van der Waals surface area contributed by atoms with Crippen molar-refractivity contribution in [2.24, 2.45) is 0 Å². The van der Waals surface area contributed by atoms with E-state index in [1.165, 1.54) is 0 Å². The van der Waals surface area contributed by atoms with Crippen molar-refractivity contribution in [3.05, 3.63) is 60.7 Å². The first-order valence-corrected chi connectivity index (χ1v) is 6.79. The van der Waals surface area contributed by atoms with Gasteiger partial charge >= 0.3 is 8.25 Å². The van der Waals surface area contributed by atoms with Gasteiger partial charge in [0.1, 0.15) is 11.5 Å². The van der Waals surface area contributed by atoms with Crippen LogP contribution in [-0.2, 0) is 4.57 Å². The Hall–Kier alpha value is -1.94. The molecule has 108 valence electrons. The Balaban J connectivity index is 0.000000289.